The molecular formula is C12H30N4. The van der Waals surface area contributed by atoms with Gasteiger partial charge in [0, 0.05) is 39.3 Å². The van der Waals surface area contributed by atoms with Crippen LogP contribution in [0.4, 0.5) is 0 Å². The summed E-state index contributed by atoms with van der Waals surface area (Å²) in [6.07, 6.45) is 0. The summed E-state index contributed by atoms with van der Waals surface area (Å²) in [5.74, 6) is 0. The molecule has 0 saturated carbocycles. The second kappa shape index (κ2) is 11.3. The van der Waals surface area contributed by atoms with E-state index in [0.717, 1.165) is 52.4 Å². The summed E-state index contributed by atoms with van der Waals surface area (Å²) in [4.78, 5) is 4.79. The predicted octanol–water partition coefficient (Wildman–Crippen LogP) is 0.0690. The van der Waals surface area contributed by atoms with Crippen molar-refractivity contribution in [3.63, 3.8) is 0 Å². The number of likely N-dealkylation sites (N-methyl/N-ethyl adjacent to an activating group) is 3. The molecule has 0 heterocycles. The standard InChI is InChI=1S/C12H30N4/c1-5-16(6-2)12-9-14-8-11-15(4)10-7-13-3/h13-14H,5-12H2,1-4H3. The van der Waals surface area contributed by atoms with Gasteiger partial charge in [-0.25, -0.2) is 0 Å². The SMILES string of the molecule is CCN(CC)CCNCCN(C)CCNC. The first-order valence-electron chi connectivity index (χ1n) is 6.50. The van der Waals surface area contributed by atoms with Crippen LogP contribution in [-0.2, 0) is 0 Å². The van der Waals surface area contributed by atoms with E-state index in [0.29, 0.717) is 0 Å². The lowest BCUT2D eigenvalue weighted by molar-refractivity contribution is 0.293. The van der Waals surface area contributed by atoms with Gasteiger partial charge in [0.2, 0.25) is 0 Å². The lowest BCUT2D eigenvalue weighted by atomic mass is 10.4. The minimum absolute atomic E-state index is 1.07. The van der Waals surface area contributed by atoms with Crippen molar-refractivity contribution in [2.45, 2.75) is 13.8 Å². The lowest BCUT2D eigenvalue weighted by Gasteiger charge is -2.19. The number of nitrogens with zero attached hydrogens (tertiary/aromatic N) is 2. The van der Waals surface area contributed by atoms with E-state index < -0.39 is 0 Å². The summed E-state index contributed by atoms with van der Waals surface area (Å²) in [6.45, 7) is 13.4. The molecule has 0 bridgehead atoms. The largest absolute Gasteiger partial charge is 0.318 e. The van der Waals surface area contributed by atoms with Crippen molar-refractivity contribution < 1.29 is 0 Å². The van der Waals surface area contributed by atoms with Crippen molar-refractivity contribution in [3.05, 3.63) is 0 Å². The molecule has 0 fully saturated rings. The summed E-state index contributed by atoms with van der Waals surface area (Å²) in [5, 5.41) is 6.65. The van der Waals surface area contributed by atoms with Gasteiger partial charge in [-0.05, 0) is 27.2 Å². The van der Waals surface area contributed by atoms with E-state index in [9.17, 15) is 0 Å². The molecule has 0 spiro atoms. The van der Waals surface area contributed by atoms with Gasteiger partial charge >= 0.3 is 0 Å². The summed E-state index contributed by atoms with van der Waals surface area (Å²) in [7, 11) is 4.17. The summed E-state index contributed by atoms with van der Waals surface area (Å²) >= 11 is 0. The highest BCUT2D eigenvalue weighted by Crippen LogP contribution is 1.84. The number of hydrogen-bond acceptors (Lipinski definition) is 4. The van der Waals surface area contributed by atoms with Crippen LogP contribution in [0.5, 0.6) is 0 Å². The van der Waals surface area contributed by atoms with E-state index in [2.05, 4.69) is 41.3 Å². The normalized spacial score (nSPS) is 11.6. The highest BCUT2D eigenvalue weighted by Gasteiger charge is 1.99. The fourth-order valence-electron chi connectivity index (χ4n) is 1.59. The van der Waals surface area contributed by atoms with E-state index in [-0.39, 0.29) is 0 Å². The number of nitrogens with one attached hydrogen (secondary N) is 2. The molecule has 0 atom stereocenters. The van der Waals surface area contributed by atoms with Crippen molar-refractivity contribution in [2.75, 3.05) is 66.5 Å². The Morgan fingerprint density at radius 1 is 0.875 bits per heavy atom. The van der Waals surface area contributed by atoms with Crippen LogP contribution in [-0.4, -0.2) is 76.3 Å². The maximum Gasteiger partial charge on any atom is 0.0107 e. The number of hydrogen-bond donors (Lipinski definition) is 2. The average molecular weight is 230 g/mol. The molecule has 0 amide bonds. The van der Waals surface area contributed by atoms with E-state index in [1.807, 2.05) is 7.05 Å². The zero-order valence-electron chi connectivity index (χ0n) is 11.6. The minimum Gasteiger partial charge on any atom is -0.318 e. The van der Waals surface area contributed by atoms with Gasteiger partial charge in [0.1, 0.15) is 0 Å². The summed E-state index contributed by atoms with van der Waals surface area (Å²) < 4.78 is 0. The lowest BCUT2D eigenvalue weighted by Crippen LogP contribution is -2.37. The summed E-state index contributed by atoms with van der Waals surface area (Å²) in [6, 6.07) is 0. The maximum atomic E-state index is 3.49. The van der Waals surface area contributed by atoms with Crippen LogP contribution < -0.4 is 10.6 Å². The highest BCUT2D eigenvalue weighted by atomic mass is 15.1. The Hall–Kier alpha value is -0.160. The average Bonchev–Trinajstić information content (AvgIpc) is 2.31. The molecule has 0 radical (unpaired) electrons. The molecule has 0 rings (SSSR count). The van der Waals surface area contributed by atoms with Gasteiger partial charge in [-0.15, -0.1) is 0 Å². The Labute approximate surface area is 101 Å². The fourth-order valence-corrected chi connectivity index (χ4v) is 1.59. The smallest absolute Gasteiger partial charge is 0.0107 e. The first-order valence-corrected chi connectivity index (χ1v) is 6.50. The van der Waals surface area contributed by atoms with E-state index in [4.69, 9.17) is 0 Å². The maximum absolute atomic E-state index is 3.49. The molecule has 0 aliphatic carbocycles. The van der Waals surface area contributed by atoms with Gasteiger partial charge < -0.3 is 20.4 Å². The molecule has 0 aromatic heterocycles. The van der Waals surface area contributed by atoms with Crippen LogP contribution in [0.3, 0.4) is 0 Å². The van der Waals surface area contributed by atoms with Gasteiger partial charge in [-0.3, -0.25) is 0 Å². The van der Waals surface area contributed by atoms with E-state index in [1.54, 1.807) is 0 Å². The van der Waals surface area contributed by atoms with Crippen molar-refractivity contribution >= 4 is 0 Å². The van der Waals surface area contributed by atoms with Crippen LogP contribution >= 0.6 is 0 Å². The molecule has 2 N–H and O–H groups in total. The third-order valence-electron chi connectivity index (χ3n) is 2.91. The van der Waals surface area contributed by atoms with E-state index >= 15 is 0 Å². The monoisotopic (exact) mass is 230 g/mol. The second-order valence-electron chi connectivity index (χ2n) is 4.18. The molecular weight excluding hydrogens is 200 g/mol. The Kier molecular flexibility index (Phi) is 11.2. The van der Waals surface area contributed by atoms with Crippen molar-refractivity contribution in [3.8, 4) is 0 Å². The molecule has 0 aromatic rings. The summed E-state index contributed by atoms with van der Waals surface area (Å²) in [5.41, 5.74) is 0. The molecule has 16 heavy (non-hydrogen) atoms. The Balaban J connectivity index is 3.25. The van der Waals surface area contributed by atoms with Gasteiger partial charge in [-0.2, -0.15) is 0 Å². The van der Waals surface area contributed by atoms with Crippen LogP contribution in [0.25, 0.3) is 0 Å². The minimum atomic E-state index is 1.07. The molecule has 0 aromatic carbocycles. The van der Waals surface area contributed by atoms with Gasteiger partial charge in [0.05, 0.1) is 0 Å². The second-order valence-corrected chi connectivity index (χ2v) is 4.18. The third kappa shape index (κ3) is 9.09. The van der Waals surface area contributed by atoms with Crippen molar-refractivity contribution in [1.29, 1.82) is 0 Å². The molecule has 0 unspecified atom stereocenters. The molecule has 98 valence electrons. The zero-order valence-corrected chi connectivity index (χ0v) is 11.6. The molecule has 4 heteroatoms. The van der Waals surface area contributed by atoms with Gasteiger partial charge in [-0.1, -0.05) is 13.8 Å². The predicted molar refractivity (Wildman–Crippen MR) is 72.1 cm³/mol. The molecule has 4 nitrogen and oxygen atoms in total. The van der Waals surface area contributed by atoms with Crippen LogP contribution in [0, 0.1) is 0 Å². The Bertz CT molecular complexity index is 137. The Morgan fingerprint density at radius 3 is 2.00 bits per heavy atom. The Morgan fingerprint density at radius 2 is 1.44 bits per heavy atom. The molecule has 0 aliphatic rings. The quantitative estimate of drug-likeness (QED) is 0.492. The first kappa shape index (κ1) is 15.8. The molecule has 0 saturated heterocycles. The fraction of sp³-hybridized carbons (Fsp3) is 1.00. The highest BCUT2D eigenvalue weighted by molar-refractivity contribution is 4.59. The molecule has 0 aliphatic heterocycles. The van der Waals surface area contributed by atoms with Crippen molar-refractivity contribution in [1.82, 2.24) is 20.4 Å². The topological polar surface area (TPSA) is 30.5 Å². The third-order valence-corrected chi connectivity index (χ3v) is 2.91. The van der Waals surface area contributed by atoms with Crippen LogP contribution in [0.15, 0.2) is 0 Å². The van der Waals surface area contributed by atoms with Crippen molar-refractivity contribution in [2.24, 2.45) is 0 Å². The van der Waals surface area contributed by atoms with Gasteiger partial charge in [0.15, 0.2) is 0 Å². The van der Waals surface area contributed by atoms with Crippen LogP contribution in [0.1, 0.15) is 13.8 Å². The first-order chi connectivity index (χ1) is 7.74. The number of rotatable bonds is 11. The van der Waals surface area contributed by atoms with Crippen LogP contribution in [0.2, 0.25) is 0 Å². The zero-order chi connectivity index (χ0) is 12.2. The van der Waals surface area contributed by atoms with E-state index in [1.165, 1.54) is 0 Å². The van der Waals surface area contributed by atoms with Gasteiger partial charge in [0.25, 0.3) is 0 Å².